The van der Waals surface area contributed by atoms with E-state index in [0.29, 0.717) is 17.0 Å². The van der Waals surface area contributed by atoms with Crippen molar-refractivity contribution in [1.82, 2.24) is 14.5 Å². The molecule has 6 aromatic carbocycles. The summed E-state index contributed by atoms with van der Waals surface area (Å²) < 4.78 is 25.6. The van der Waals surface area contributed by atoms with Crippen LogP contribution in [0.5, 0.6) is 5.75 Å². The number of hydrogen-bond acceptors (Lipinski definition) is 3. The van der Waals surface area contributed by atoms with Crippen molar-refractivity contribution in [3.05, 3.63) is 168 Å². The predicted molar refractivity (Wildman–Crippen MR) is 205 cm³/mol. The van der Waals surface area contributed by atoms with Crippen molar-refractivity contribution in [3.63, 3.8) is 0 Å². The Morgan fingerprint density at radius 2 is 1.34 bits per heavy atom. The summed E-state index contributed by atoms with van der Waals surface area (Å²) in [7, 11) is 0. The minimum absolute atomic E-state index is 0.166. The molecule has 0 bridgehead atoms. The maximum atomic E-state index is 11.0. The zero-order valence-corrected chi connectivity index (χ0v) is 27.7. The smallest absolute Gasteiger partial charge is 0.149 e. The Morgan fingerprint density at radius 1 is 0.620 bits per heavy atom. The van der Waals surface area contributed by atoms with Gasteiger partial charge in [-0.15, -0.1) is 0 Å². The zero-order chi connectivity index (χ0) is 36.5. The van der Waals surface area contributed by atoms with Crippen molar-refractivity contribution < 1.29 is 9.22 Å². The molecule has 1 aliphatic carbocycles. The average Bonchev–Trinajstić information content (AvgIpc) is 3.67. The molecular weight excluding hydrogens is 611 g/mol. The van der Waals surface area contributed by atoms with Gasteiger partial charge >= 0.3 is 0 Å². The number of imidazole rings is 1. The van der Waals surface area contributed by atoms with Crippen molar-refractivity contribution >= 4 is 11.0 Å². The SMILES string of the molecule is [2H]C([2H])([2H])c1ccc(-c2ccnc(-c3cc(-c4cccc5c4nc(-c4ccccc4O)n5-c4ccccc4)cc4c3C(C)(C)c3ccccc3-4)c2)cc1. The number of nitrogens with zero attached hydrogens (tertiary/aromatic N) is 3. The number of para-hydroxylation sites is 3. The number of phenolic OH excluding ortho intramolecular Hbond substituents is 1. The summed E-state index contributed by atoms with van der Waals surface area (Å²) in [6, 6.07) is 48.0. The molecule has 0 fully saturated rings. The summed E-state index contributed by atoms with van der Waals surface area (Å²) in [6.45, 7) is 2.39. The molecule has 0 aliphatic heterocycles. The lowest BCUT2D eigenvalue weighted by Crippen LogP contribution is -2.16. The van der Waals surface area contributed by atoms with E-state index in [1.165, 1.54) is 16.7 Å². The fourth-order valence-electron chi connectivity index (χ4n) is 7.72. The Balaban J connectivity index is 1.29. The Hall–Kier alpha value is -6.26. The highest BCUT2D eigenvalue weighted by molar-refractivity contribution is 5.99. The van der Waals surface area contributed by atoms with E-state index < -0.39 is 6.85 Å². The number of fused-ring (bicyclic) bond motifs is 4. The van der Waals surface area contributed by atoms with Gasteiger partial charge in [-0.1, -0.05) is 110 Å². The van der Waals surface area contributed by atoms with Crippen LogP contribution in [0.25, 0.3) is 72.7 Å². The van der Waals surface area contributed by atoms with E-state index in [1.807, 2.05) is 60.8 Å². The lowest BCUT2D eigenvalue weighted by atomic mass is 9.78. The van der Waals surface area contributed by atoms with Gasteiger partial charge in [0, 0.05) is 32.5 Å². The molecule has 2 aromatic heterocycles. The van der Waals surface area contributed by atoms with Crippen molar-refractivity contribution in [3.8, 4) is 67.5 Å². The van der Waals surface area contributed by atoms with Gasteiger partial charge in [-0.05, 0) is 100 Å². The van der Waals surface area contributed by atoms with Crippen LogP contribution in [0.15, 0.2) is 152 Å². The number of aryl methyl sites for hydroxylation is 1. The number of hydrogen-bond donors (Lipinski definition) is 1. The molecule has 4 heteroatoms. The van der Waals surface area contributed by atoms with Crippen LogP contribution in [0.2, 0.25) is 0 Å². The van der Waals surface area contributed by atoms with Gasteiger partial charge in [0.2, 0.25) is 0 Å². The number of benzene rings is 6. The fourth-order valence-corrected chi connectivity index (χ4v) is 7.72. The number of aromatic hydroxyl groups is 1. The summed E-state index contributed by atoms with van der Waals surface area (Å²) in [5.41, 5.74) is 13.9. The summed E-state index contributed by atoms with van der Waals surface area (Å²) in [4.78, 5) is 10.3. The summed E-state index contributed by atoms with van der Waals surface area (Å²) in [5.74, 6) is 0.822. The van der Waals surface area contributed by atoms with Crippen LogP contribution >= 0.6 is 0 Å². The second kappa shape index (κ2) is 11.4. The first-order valence-corrected chi connectivity index (χ1v) is 16.8. The normalized spacial score (nSPS) is 14.1. The van der Waals surface area contributed by atoms with Crippen LogP contribution in [-0.4, -0.2) is 19.6 Å². The van der Waals surface area contributed by atoms with E-state index in [0.717, 1.165) is 55.8 Å². The van der Waals surface area contributed by atoms with Crippen molar-refractivity contribution in [1.29, 1.82) is 0 Å². The van der Waals surface area contributed by atoms with Crippen LogP contribution in [-0.2, 0) is 5.41 Å². The van der Waals surface area contributed by atoms with Gasteiger partial charge in [0.1, 0.15) is 11.6 Å². The van der Waals surface area contributed by atoms with Gasteiger partial charge in [0.25, 0.3) is 0 Å². The molecule has 0 atom stereocenters. The van der Waals surface area contributed by atoms with Gasteiger partial charge in [-0.25, -0.2) is 4.98 Å². The molecule has 0 saturated carbocycles. The average molecular weight is 649 g/mol. The van der Waals surface area contributed by atoms with E-state index in [-0.39, 0.29) is 11.2 Å². The number of phenols is 1. The topological polar surface area (TPSA) is 50.9 Å². The maximum absolute atomic E-state index is 11.0. The lowest BCUT2D eigenvalue weighted by molar-refractivity contribution is 0.477. The molecule has 0 radical (unpaired) electrons. The molecule has 50 heavy (non-hydrogen) atoms. The first-order chi connectivity index (χ1) is 25.6. The Bertz CT molecular complexity index is 2690. The minimum Gasteiger partial charge on any atom is -0.507 e. The quantitative estimate of drug-likeness (QED) is 0.202. The van der Waals surface area contributed by atoms with E-state index in [1.54, 1.807) is 18.2 Å². The molecule has 9 rings (SSSR count). The predicted octanol–water partition coefficient (Wildman–Crippen LogP) is 11.4. The summed E-state index contributed by atoms with van der Waals surface area (Å²) in [5, 5.41) is 11.0. The van der Waals surface area contributed by atoms with Crippen LogP contribution in [0.1, 0.15) is 34.7 Å². The second-order valence-electron chi connectivity index (χ2n) is 13.4. The minimum atomic E-state index is -2.16. The highest BCUT2D eigenvalue weighted by Gasteiger charge is 2.38. The largest absolute Gasteiger partial charge is 0.507 e. The third-order valence-corrected chi connectivity index (χ3v) is 10.1. The van der Waals surface area contributed by atoms with E-state index in [2.05, 4.69) is 91.2 Å². The molecule has 0 unspecified atom stereocenters. The first kappa shape index (κ1) is 26.7. The Labute approximate surface area is 296 Å². The molecule has 4 nitrogen and oxygen atoms in total. The maximum Gasteiger partial charge on any atom is 0.149 e. The molecule has 240 valence electrons. The van der Waals surface area contributed by atoms with Gasteiger partial charge in [0.05, 0.1) is 22.3 Å². The lowest BCUT2D eigenvalue weighted by Gasteiger charge is -2.25. The molecule has 2 heterocycles. The standard InChI is InChI=1S/C46H35N3O/c1-29-20-22-30(23-21-29)31-24-25-47-40(28-31)38-27-32(26-37-35-14-7-9-17-39(35)46(2,3)43(37)38)34-16-11-18-41-44(34)48-45(36-15-8-10-19-42(36)50)49(41)33-12-5-4-6-13-33/h4-28,50H,1-3H3/i1D3. The third kappa shape index (κ3) is 4.67. The van der Waals surface area contributed by atoms with Crippen molar-refractivity contribution in [2.24, 2.45) is 0 Å². The molecular formula is C46H35N3O. The molecule has 8 aromatic rings. The Morgan fingerprint density at radius 3 is 2.14 bits per heavy atom. The van der Waals surface area contributed by atoms with Crippen molar-refractivity contribution in [2.75, 3.05) is 0 Å². The van der Waals surface area contributed by atoms with E-state index in [4.69, 9.17) is 14.1 Å². The van der Waals surface area contributed by atoms with Gasteiger partial charge < -0.3 is 5.11 Å². The third-order valence-electron chi connectivity index (χ3n) is 10.1. The van der Waals surface area contributed by atoms with Crippen LogP contribution in [0, 0.1) is 6.85 Å². The summed E-state index contributed by atoms with van der Waals surface area (Å²) in [6.07, 6.45) is 1.83. The van der Waals surface area contributed by atoms with E-state index in [9.17, 15) is 5.11 Å². The molecule has 0 spiro atoms. The number of pyridine rings is 1. The molecule has 1 N–H and O–H groups in total. The highest BCUT2D eigenvalue weighted by Crippen LogP contribution is 2.53. The van der Waals surface area contributed by atoms with Gasteiger partial charge in [-0.2, -0.15) is 0 Å². The highest BCUT2D eigenvalue weighted by atomic mass is 16.3. The number of aromatic nitrogens is 3. The fraction of sp³-hybridized carbons (Fsp3) is 0.0870. The second-order valence-corrected chi connectivity index (χ2v) is 13.4. The van der Waals surface area contributed by atoms with E-state index >= 15 is 0 Å². The molecule has 1 aliphatic rings. The monoisotopic (exact) mass is 648 g/mol. The van der Waals surface area contributed by atoms with Crippen LogP contribution < -0.4 is 0 Å². The first-order valence-electron chi connectivity index (χ1n) is 18.3. The summed E-state index contributed by atoms with van der Waals surface area (Å²) >= 11 is 0. The zero-order valence-electron chi connectivity index (χ0n) is 30.7. The molecule has 0 amide bonds. The van der Waals surface area contributed by atoms with Crippen LogP contribution in [0.3, 0.4) is 0 Å². The number of rotatable bonds is 5. The van der Waals surface area contributed by atoms with Gasteiger partial charge in [-0.3, -0.25) is 9.55 Å². The van der Waals surface area contributed by atoms with Crippen LogP contribution in [0.4, 0.5) is 0 Å². The van der Waals surface area contributed by atoms with Gasteiger partial charge in [0.15, 0.2) is 0 Å². The Kier molecular flexibility index (Phi) is 6.09. The molecule has 0 saturated heterocycles. The van der Waals surface area contributed by atoms with Crippen molar-refractivity contribution in [2.45, 2.75) is 26.1 Å².